The molecule has 1 heterocycles. The molecule has 5 nitrogen and oxygen atoms in total. The molecule has 0 radical (unpaired) electrons. The van der Waals surface area contributed by atoms with Crippen LogP contribution < -0.4 is 4.74 Å². The van der Waals surface area contributed by atoms with Gasteiger partial charge < -0.3 is 14.7 Å². The number of aryl methyl sites for hydroxylation is 1. The Hall–Kier alpha value is -2.04. The maximum atomic E-state index is 12.9. The highest BCUT2D eigenvalue weighted by Crippen LogP contribution is 2.38. The summed E-state index contributed by atoms with van der Waals surface area (Å²) in [6.07, 6.45) is 6.34. The topological polar surface area (TPSA) is 66.8 Å². The maximum absolute atomic E-state index is 12.9. The van der Waals surface area contributed by atoms with Crippen LogP contribution in [-0.4, -0.2) is 41.6 Å². The summed E-state index contributed by atoms with van der Waals surface area (Å²) in [6, 6.07) is 1.96. The minimum absolute atomic E-state index is 0.0274. The van der Waals surface area contributed by atoms with Gasteiger partial charge in [-0.3, -0.25) is 4.79 Å². The predicted molar refractivity (Wildman–Crippen MR) is 104 cm³/mol. The Morgan fingerprint density at radius 3 is 2.59 bits per heavy atom. The SMILES string of the molecule is Cc1cc(OCC(=O)O)c(C)c2c1CC[C@@H]([C@H](C)C(=O)N1CCCCC1)C2. The second-order valence-corrected chi connectivity index (χ2v) is 8.13. The number of carbonyl (C=O) groups is 2. The van der Waals surface area contributed by atoms with Crippen LogP contribution in [0.2, 0.25) is 0 Å². The number of piperidine rings is 1. The van der Waals surface area contributed by atoms with Gasteiger partial charge in [0.15, 0.2) is 6.61 Å². The molecule has 1 saturated heterocycles. The highest BCUT2D eigenvalue weighted by molar-refractivity contribution is 5.79. The van der Waals surface area contributed by atoms with Gasteiger partial charge in [-0.1, -0.05) is 6.92 Å². The van der Waals surface area contributed by atoms with Gasteiger partial charge in [0.2, 0.25) is 5.91 Å². The summed E-state index contributed by atoms with van der Waals surface area (Å²) in [4.78, 5) is 25.8. The van der Waals surface area contributed by atoms with E-state index in [4.69, 9.17) is 9.84 Å². The van der Waals surface area contributed by atoms with Crippen LogP contribution in [0.4, 0.5) is 0 Å². The fraction of sp³-hybridized carbons (Fsp3) is 0.636. The van der Waals surface area contributed by atoms with Gasteiger partial charge in [0.25, 0.3) is 0 Å². The summed E-state index contributed by atoms with van der Waals surface area (Å²) >= 11 is 0. The minimum Gasteiger partial charge on any atom is -0.482 e. The van der Waals surface area contributed by atoms with Crippen molar-refractivity contribution in [3.63, 3.8) is 0 Å². The Bertz CT molecular complexity index is 722. The van der Waals surface area contributed by atoms with Crippen LogP contribution >= 0.6 is 0 Å². The molecule has 1 amide bonds. The molecule has 1 fully saturated rings. The molecule has 0 unspecified atom stereocenters. The molecule has 27 heavy (non-hydrogen) atoms. The van der Waals surface area contributed by atoms with Gasteiger partial charge >= 0.3 is 5.97 Å². The number of likely N-dealkylation sites (tertiary alicyclic amines) is 1. The van der Waals surface area contributed by atoms with E-state index < -0.39 is 5.97 Å². The Kier molecular flexibility index (Phi) is 6.08. The van der Waals surface area contributed by atoms with Crippen molar-refractivity contribution >= 4 is 11.9 Å². The Morgan fingerprint density at radius 2 is 1.93 bits per heavy atom. The lowest BCUT2D eigenvalue weighted by molar-refractivity contribution is -0.139. The second kappa shape index (κ2) is 8.32. The van der Waals surface area contributed by atoms with Crippen molar-refractivity contribution in [2.45, 2.75) is 59.3 Å². The summed E-state index contributed by atoms with van der Waals surface area (Å²) in [6.45, 7) is 7.63. The van der Waals surface area contributed by atoms with Crippen molar-refractivity contribution in [2.75, 3.05) is 19.7 Å². The van der Waals surface area contributed by atoms with Gasteiger partial charge in [-0.2, -0.15) is 0 Å². The number of amides is 1. The van der Waals surface area contributed by atoms with Crippen molar-refractivity contribution in [3.05, 3.63) is 28.3 Å². The summed E-state index contributed by atoms with van der Waals surface area (Å²) < 4.78 is 5.51. The molecule has 2 aliphatic rings. The van der Waals surface area contributed by atoms with Crippen LogP contribution in [0, 0.1) is 25.7 Å². The molecule has 148 valence electrons. The number of aliphatic carboxylic acids is 1. The molecule has 3 rings (SSSR count). The molecule has 0 bridgehead atoms. The number of rotatable bonds is 5. The van der Waals surface area contributed by atoms with Crippen molar-refractivity contribution in [1.82, 2.24) is 4.90 Å². The number of carbonyl (C=O) groups excluding carboxylic acids is 1. The van der Waals surface area contributed by atoms with Crippen molar-refractivity contribution < 1.29 is 19.4 Å². The van der Waals surface area contributed by atoms with Gasteiger partial charge in [-0.05, 0) is 86.6 Å². The fourth-order valence-corrected chi connectivity index (χ4v) is 4.64. The molecule has 1 aromatic rings. The number of carboxylic acid groups (broad SMARTS) is 1. The zero-order valence-electron chi connectivity index (χ0n) is 16.7. The Balaban J connectivity index is 1.77. The van der Waals surface area contributed by atoms with E-state index in [1.54, 1.807) is 0 Å². The van der Waals surface area contributed by atoms with E-state index in [1.165, 1.54) is 17.5 Å². The predicted octanol–water partition coefficient (Wildman–Crippen LogP) is 3.52. The third-order valence-corrected chi connectivity index (χ3v) is 6.36. The number of ether oxygens (including phenoxy) is 1. The molecule has 0 spiro atoms. The lowest BCUT2D eigenvalue weighted by atomic mass is 9.74. The summed E-state index contributed by atoms with van der Waals surface area (Å²) in [7, 11) is 0. The number of benzene rings is 1. The van der Waals surface area contributed by atoms with Gasteiger partial charge in [0.05, 0.1) is 0 Å². The van der Waals surface area contributed by atoms with Crippen molar-refractivity contribution in [2.24, 2.45) is 11.8 Å². The first-order valence-corrected chi connectivity index (χ1v) is 10.1. The van der Waals surface area contributed by atoms with E-state index in [-0.39, 0.29) is 12.5 Å². The first-order valence-electron chi connectivity index (χ1n) is 10.1. The van der Waals surface area contributed by atoms with E-state index in [0.29, 0.717) is 17.6 Å². The molecule has 1 aliphatic heterocycles. The van der Waals surface area contributed by atoms with Gasteiger partial charge in [-0.15, -0.1) is 0 Å². The number of hydrogen-bond acceptors (Lipinski definition) is 3. The highest BCUT2D eigenvalue weighted by atomic mass is 16.5. The van der Waals surface area contributed by atoms with Crippen LogP contribution in [0.3, 0.4) is 0 Å². The average Bonchev–Trinajstić information content (AvgIpc) is 2.68. The Morgan fingerprint density at radius 1 is 1.22 bits per heavy atom. The van der Waals surface area contributed by atoms with E-state index in [9.17, 15) is 9.59 Å². The van der Waals surface area contributed by atoms with Gasteiger partial charge in [-0.25, -0.2) is 4.79 Å². The quantitative estimate of drug-likeness (QED) is 0.857. The first kappa shape index (κ1) is 19.7. The Labute approximate surface area is 161 Å². The van der Waals surface area contributed by atoms with Crippen LogP contribution in [0.25, 0.3) is 0 Å². The highest BCUT2D eigenvalue weighted by Gasteiger charge is 2.32. The summed E-state index contributed by atoms with van der Waals surface area (Å²) in [5, 5.41) is 8.91. The fourth-order valence-electron chi connectivity index (χ4n) is 4.64. The van der Waals surface area contributed by atoms with E-state index in [2.05, 4.69) is 13.8 Å². The first-order chi connectivity index (χ1) is 12.9. The normalized spacial score (nSPS) is 20.7. The van der Waals surface area contributed by atoms with Crippen molar-refractivity contribution in [1.29, 1.82) is 0 Å². The van der Waals surface area contributed by atoms with E-state index in [0.717, 1.165) is 56.3 Å². The monoisotopic (exact) mass is 373 g/mol. The molecule has 0 aromatic heterocycles. The van der Waals surface area contributed by atoms with Gasteiger partial charge in [0.1, 0.15) is 5.75 Å². The van der Waals surface area contributed by atoms with Crippen LogP contribution in [0.1, 0.15) is 54.9 Å². The number of hydrogen-bond donors (Lipinski definition) is 1. The van der Waals surface area contributed by atoms with Gasteiger partial charge in [0, 0.05) is 19.0 Å². The maximum Gasteiger partial charge on any atom is 0.341 e. The van der Waals surface area contributed by atoms with Crippen molar-refractivity contribution in [3.8, 4) is 5.75 Å². The lowest BCUT2D eigenvalue weighted by Gasteiger charge is -2.35. The standard InChI is InChI=1S/C22H31NO4/c1-14-11-20(27-13-21(24)25)16(3)19-12-17(7-8-18(14)19)15(2)22(26)23-9-5-4-6-10-23/h11,15,17H,4-10,12-13H2,1-3H3,(H,24,25)/t15-,17+/m0/s1. The summed E-state index contributed by atoms with van der Waals surface area (Å²) in [5.74, 6) is 0.350. The number of fused-ring (bicyclic) bond motifs is 1. The second-order valence-electron chi connectivity index (χ2n) is 8.13. The van der Waals surface area contributed by atoms with E-state index in [1.807, 2.05) is 17.9 Å². The molecule has 1 N–H and O–H groups in total. The number of carboxylic acids is 1. The van der Waals surface area contributed by atoms with E-state index >= 15 is 0 Å². The molecule has 1 aromatic carbocycles. The van der Waals surface area contributed by atoms with Crippen LogP contribution in [-0.2, 0) is 22.4 Å². The zero-order valence-corrected chi connectivity index (χ0v) is 16.7. The third kappa shape index (κ3) is 4.28. The molecule has 2 atom stereocenters. The average molecular weight is 373 g/mol. The molecular formula is C22H31NO4. The summed E-state index contributed by atoms with van der Waals surface area (Å²) in [5.41, 5.74) is 4.79. The van der Waals surface area contributed by atoms with Crippen LogP contribution in [0.15, 0.2) is 6.07 Å². The molecule has 1 aliphatic carbocycles. The molecular weight excluding hydrogens is 342 g/mol. The largest absolute Gasteiger partial charge is 0.482 e. The zero-order chi connectivity index (χ0) is 19.6. The third-order valence-electron chi connectivity index (χ3n) is 6.36. The molecule has 0 saturated carbocycles. The smallest absolute Gasteiger partial charge is 0.341 e. The van der Waals surface area contributed by atoms with Crippen LogP contribution in [0.5, 0.6) is 5.75 Å². The number of nitrogens with zero attached hydrogens (tertiary/aromatic N) is 1. The molecule has 5 heteroatoms. The minimum atomic E-state index is -0.969. The lowest BCUT2D eigenvalue weighted by Crippen LogP contribution is -2.42.